The Balaban J connectivity index is 1.92. The summed E-state index contributed by atoms with van der Waals surface area (Å²) in [5.74, 6) is -1.39. The van der Waals surface area contributed by atoms with Gasteiger partial charge in [0.1, 0.15) is 11.7 Å². The summed E-state index contributed by atoms with van der Waals surface area (Å²) >= 11 is 0. The third-order valence-electron chi connectivity index (χ3n) is 3.33. The van der Waals surface area contributed by atoms with Crippen molar-refractivity contribution in [3.8, 4) is 0 Å². The number of esters is 1. The molecule has 0 aromatic heterocycles. The largest absolute Gasteiger partial charge is 0.465 e. The Morgan fingerprint density at radius 3 is 2.74 bits per heavy atom. The lowest BCUT2D eigenvalue weighted by Crippen LogP contribution is -2.24. The van der Waals surface area contributed by atoms with Crippen LogP contribution in [0.4, 0.5) is 0 Å². The maximum Gasteiger partial charge on any atom is 0.317 e. The first kappa shape index (κ1) is 13.5. The van der Waals surface area contributed by atoms with Crippen LogP contribution in [0.1, 0.15) is 35.7 Å². The summed E-state index contributed by atoms with van der Waals surface area (Å²) in [5, 5.41) is 0. The molecule has 1 aliphatic carbocycles. The maximum absolute atomic E-state index is 12.0. The number of Topliss-reactive ketones (excluding diaryl/α,β-unsaturated/α-hetero) is 2. The number of hydrogen-bond donors (Lipinski definition) is 0. The molecule has 0 saturated carbocycles. The molecule has 0 fully saturated rings. The molecule has 2 rings (SSSR count). The minimum absolute atomic E-state index is 0.0498. The van der Waals surface area contributed by atoms with Crippen molar-refractivity contribution in [3.05, 3.63) is 35.4 Å². The van der Waals surface area contributed by atoms with Crippen molar-refractivity contribution < 1.29 is 19.1 Å². The fourth-order valence-electron chi connectivity index (χ4n) is 2.17. The molecule has 0 bridgehead atoms. The second-order valence-electron chi connectivity index (χ2n) is 4.59. The third-order valence-corrected chi connectivity index (χ3v) is 3.33. The van der Waals surface area contributed by atoms with Crippen molar-refractivity contribution >= 4 is 17.5 Å². The second-order valence-corrected chi connectivity index (χ2v) is 4.59. The summed E-state index contributed by atoms with van der Waals surface area (Å²) in [7, 11) is 0. The van der Waals surface area contributed by atoms with Gasteiger partial charge < -0.3 is 4.74 Å². The SMILES string of the molecule is CCC(=O)CCOC(=O)C1Cc2ccccc2C1=O. The molecule has 0 saturated heterocycles. The Morgan fingerprint density at radius 2 is 2.05 bits per heavy atom. The van der Waals surface area contributed by atoms with Crippen molar-refractivity contribution in [2.75, 3.05) is 6.61 Å². The summed E-state index contributed by atoms with van der Waals surface area (Å²) in [6.45, 7) is 1.83. The van der Waals surface area contributed by atoms with Crippen LogP contribution >= 0.6 is 0 Å². The third kappa shape index (κ3) is 2.89. The van der Waals surface area contributed by atoms with Gasteiger partial charge >= 0.3 is 5.97 Å². The van der Waals surface area contributed by atoms with E-state index in [1.807, 2.05) is 12.1 Å². The molecular formula is C15H16O4. The molecule has 4 heteroatoms. The van der Waals surface area contributed by atoms with Gasteiger partial charge in [0.05, 0.1) is 6.61 Å². The number of rotatable bonds is 5. The Bertz CT molecular complexity index is 519. The molecule has 1 aliphatic rings. The number of fused-ring (bicyclic) bond motifs is 1. The van der Waals surface area contributed by atoms with E-state index in [0.717, 1.165) is 5.56 Å². The van der Waals surface area contributed by atoms with Crippen LogP contribution in [0.15, 0.2) is 24.3 Å². The van der Waals surface area contributed by atoms with E-state index >= 15 is 0 Å². The van der Waals surface area contributed by atoms with Crippen LogP contribution in [0, 0.1) is 5.92 Å². The average Bonchev–Trinajstić information content (AvgIpc) is 2.76. The van der Waals surface area contributed by atoms with E-state index in [1.54, 1.807) is 19.1 Å². The van der Waals surface area contributed by atoms with Crippen molar-refractivity contribution in [3.63, 3.8) is 0 Å². The zero-order valence-electron chi connectivity index (χ0n) is 10.8. The normalized spacial score (nSPS) is 17.1. The lowest BCUT2D eigenvalue weighted by Gasteiger charge is -2.08. The van der Waals surface area contributed by atoms with E-state index in [4.69, 9.17) is 4.74 Å². The molecular weight excluding hydrogens is 244 g/mol. The van der Waals surface area contributed by atoms with Crippen LogP contribution in [0.3, 0.4) is 0 Å². The highest BCUT2D eigenvalue weighted by Crippen LogP contribution is 2.27. The summed E-state index contributed by atoms with van der Waals surface area (Å²) in [6, 6.07) is 7.21. The number of hydrogen-bond acceptors (Lipinski definition) is 4. The maximum atomic E-state index is 12.0. The van der Waals surface area contributed by atoms with Crippen molar-refractivity contribution in [2.45, 2.75) is 26.2 Å². The molecule has 0 radical (unpaired) electrons. The number of ketones is 2. The zero-order chi connectivity index (χ0) is 13.8. The molecule has 1 atom stereocenters. The van der Waals surface area contributed by atoms with Crippen molar-refractivity contribution in [1.29, 1.82) is 0 Å². The molecule has 1 unspecified atom stereocenters. The monoisotopic (exact) mass is 260 g/mol. The average molecular weight is 260 g/mol. The fraction of sp³-hybridized carbons (Fsp3) is 0.400. The van der Waals surface area contributed by atoms with Gasteiger partial charge in [-0.05, 0) is 12.0 Å². The highest BCUT2D eigenvalue weighted by atomic mass is 16.5. The second kappa shape index (κ2) is 5.78. The Kier molecular flexibility index (Phi) is 4.10. The van der Waals surface area contributed by atoms with E-state index in [-0.39, 0.29) is 24.6 Å². The number of benzene rings is 1. The summed E-state index contributed by atoms with van der Waals surface area (Å²) in [4.78, 5) is 35.0. The van der Waals surface area contributed by atoms with Crippen LogP contribution in [-0.2, 0) is 20.7 Å². The predicted octanol–water partition coefficient (Wildman–Crippen LogP) is 1.95. The molecule has 1 aromatic carbocycles. The van der Waals surface area contributed by atoms with Crippen LogP contribution < -0.4 is 0 Å². The first-order valence-electron chi connectivity index (χ1n) is 6.44. The lowest BCUT2D eigenvalue weighted by molar-refractivity contribution is -0.147. The topological polar surface area (TPSA) is 60.4 Å². The first-order valence-corrected chi connectivity index (χ1v) is 6.44. The predicted molar refractivity (Wildman–Crippen MR) is 68.8 cm³/mol. The number of ether oxygens (including phenoxy) is 1. The molecule has 4 nitrogen and oxygen atoms in total. The van der Waals surface area contributed by atoms with E-state index in [9.17, 15) is 14.4 Å². The lowest BCUT2D eigenvalue weighted by atomic mass is 10.1. The van der Waals surface area contributed by atoms with Gasteiger partial charge in [0, 0.05) is 18.4 Å². The van der Waals surface area contributed by atoms with Crippen LogP contribution in [0.2, 0.25) is 0 Å². The zero-order valence-corrected chi connectivity index (χ0v) is 10.8. The molecule has 0 amide bonds. The highest BCUT2D eigenvalue weighted by molar-refractivity contribution is 6.12. The molecule has 0 spiro atoms. The molecule has 0 N–H and O–H groups in total. The molecule has 0 heterocycles. The Labute approximate surface area is 111 Å². The quantitative estimate of drug-likeness (QED) is 0.599. The van der Waals surface area contributed by atoms with Crippen LogP contribution in [0.25, 0.3) is 0 Å². The van der Waals surface area contributed by atoms with Gasteiger partial charge in [0.2, 0.25) is 0 Å². The summed E-state index contributed by atoms with van der Waals surface area (Å²) in [6.07, 6.45) is 1.05. The molecule has 19 heavy (non-hydrogen) atoms. The van der Waals surface area contributed by atoms with Gasteiger partial charge in [-0.15, -0.1) is 0 Å². The minimum Gasteiger partial charge on any atom is -0.465 e. The first-order chi connectivity index (χ1) is 9.13. The Morgan fingerprint density at radius 1 is 1.32 bits per heavy atom. The van der Waals surface area contributed by atoms with E-state index in [2.05, 4.69) is 0 Å². The van der Waals surface area contributed by atoms with Crippen molar-refractivity contribution in [2.24, 2.45) is 5.92 Å². The molecule has 1 aromatic rings. The van der Waals surface area contributed by atoms with Gasteiger partial charge in [0.15, 0.2) is 5.78 Å². The van der Waals surface area contributed by atoms with E-state index in [0.29, 0.717) is 18.4 Å². The molecule has 0 aliphatic heterocycles. The van der Waals surface area contributed by atoms with Crippen LogP contribution in [0.5, 0.6) is 0 Å². The number of carbonyl (C=O) groups excluding carboxylic acids is 3. The summed E-state index contributed by atoms with van der Waals surface area (Å²) in [5.41, 5.74) is 1.49. The standard InChI is InChI=1S/C15H16O4/c1-2-11(16)7-8-19-15(18)13-9-10-5-3-4-6-12(10)14(13)17/h3-6,13H,2,7-9H2,1H3. The van der Waals surface area contributed by atoms with Gasteiger partial charge in [-0.1, -0.05) is 31.2 Å². The van der Waals surface area contributed by atoms with Gasteiger partial charge in [0.25, 0.3) is 0 Å². The smallest absolute Gasteiger partial charge is 0.317 e. The summed E-state index contributed by atoms with van der Waals surface area (Å²) < 4.78 is 5.02. The van der Waals surface area contributed by atoms with Crippen molar-refractivity contribution in [1.82, 2.24) is 0 Å². The number of carbonyl (C=O) groups is 3. The minimum atomic E-state index is -0.742. The van der Waals surface area contributed by atoms with Gasteiger partial charge in [-0.3, -0.25) is 14.4 Å². The van der Waals surface area contributed by atoms with Crippen LogP contribution in [-0.4, -0.2) is 24.1 Å². The molecule has 100 valence electrons. The van der Waals surface area contributed by atoms with Gasteiger partial charge in [-0.25, -0.2) is 0 Å². The van der Waals surface area contributed by atoms with E-state index in [1.165, 1.54) is 0 Å². The highest BCUT2D eigenvalue weighted by Gasteiger charge is 2.36. The van der Waals surface area contributed by atoms with Gasteiger partial charge in [-0.2, -0.15) is 0 Å². The Hall–Kier alpha value is -1.97. The fourth-order valence-corrected chi connectivity index (χ4v) is 2.17. The van der Waals surface area contributed by atoms with E-state index < -0.39 is 11.9 Å².